The number of methoxy groups -OCH3 is 1. The summed E-state index contributed by atoms with van der Waals surface area (Å²) in [5.74, 6) is -1.61. The Morgan fingerprint density at radius 3 is 2.75 bits per heavy atom. The third-order valence-corrected chi connectivity index (χ3v) is 4.95. The summed E-state index contributed by atoms with van der Waals surface area (Å²) in [6, 6.07) is 6.55. The summed E-state index contributed by atoms with van der Waals surface area (Å²) in [5, 5.41) is 24.7. The molecule has 0 saturated carbocycles. The largest absolute Gasteiger partial charge is 0.490 e. The Labute approximate surface area is 182 Å². The van der Waals surface area contributed by atoms with Crippen LogP contribution in [0.1, 0.15) is 10.5 Å². The number of hydrogen-bond donors (Lipinski definition) is 2. The maximum absolute atomic E-state index is 14.7. The van der Waals surface area contributed by atoms with E-state index in [1.54, 1.807) is 0 Å². The number of fused-ring (bicyclic) bond motifs is 1. The minimum atomic E-state index is -1.20. The first-order chi connectivity index (χ1) is 15.4. The summed E-state index contributed by atoms with van der Waals surface area (Å²) in [4.78, 5) is 33.5. The highest BCUT2D eigenvalue weighted by Crippen LogP contribution is 2.35. The SMILES string of the molecule is COc1cc2ncnc(Nc3ccc(Oc4nc(C(=O)O)cs4)cc3F)c2cc1[N+](=O)[O-]. The Hall–Kier alpha value is -4.39. The molecular weight excluding hydrogens is 445 g/mol. The van der Waals surface area contributed by atoms with Gasteiger partial charge in [0.2, 0.25) is 0 Å². The fourth-order valence-electron chi connectivity index (χ4n) is 2.77. The van der Waals surface area contributed by atoms with Crippen molar-refractivity contribution in [1.82, 2.24) is 15.0 Å². The molecule has 2 aromatic carbocycles. The van der Waals surface area contributed by atoms with Crippen molar-refractivity contribution in [2.24, 2.45) is 0 Å². The van der Waals surface area contributed by atoms with Crippen LogP contribution in [0.5, 0.6) is 16.7 Å². The van der Waals surface area contributed by atoms with E-state index in [1.165, 1.54) is 43.1 Å². The zero-order valence-electron chi connectivity index (χ0n) is 16.1. The fraction of sp³-hybridized carbons (Fsp3) is 0.0526. The van der Waals surface area contributed by atoms with E-state index < -0.39 is 16.7 Å². The molecule has 162 valence electrons. The fourth-order valence-corrected chi connectivity index (χ4v) is 3.43. The van der Waals surface area contributed by atoms with E-state index >= 15 is 0 Å². The number of ether oxygens (including phenoxy) is 2. The normalized spacial score (nSPS) is 10.7. The summed E-state index contributed by atoms with van der Waals surface area (Å²) < 4.78 is 25.1. The van der Waals surface area contributed by atoms with Gasteiger partial charge in [0.1, 0.15) is 23.7 Å². The Bertz CT molecular complexity index is 1360. The van der Waals surface area contributed by atoms with Crippen molar-refractivity contribution in [3.05, 3.63) is 63.7 Å². The number of benzene rings is 2. The smallest absolute Gasteiger partial charge is 0.355 e. The summed E-state index contributed by atoms with van der Waals surface area (Å²) in [6.45, 7) is 0. The Morgan fingerprint density at radius 1 is 1.28 bits per heavy atom. The second-order valence-corrected chi connectivity index (χ2v) is 7.01. The minimum absolute atomic E-state index is 0.0289. The molecule has 2 aromatic heterocycles. The molecule has 11 nitrogen and oxygen atoms in total. The van der Waals surface area contributed by atoms with Crippen LogP contribution in [0.25, 0.3) is 10.9 Å². The lowest BCUT2D eigenvalue weighted by atomic mass is 10.2. The first-order valence-electron chi connectivity index (χ1n) is 8.76. The van der Waals surface area contributed by atoms with Crippen LogP contribution in [0, 0.1) is 15.9 Å². The second kappa shape index (κ2) is 8.39. The highest BCUT2D eigenvalue weighted by molar-refractivity contribution is 7.11. The summed E-state index contributed by atoms with van der Waals surface area (Å²) >= 11 is 0.959. The number of aromatic nitrogens is 3. The zero-order valence-corrected chi connectivity index (χ0v) is 16.9. The molecule has 0 aliphatic carbocycles. The minimum Gasteiger partial charge on any atom is -0.490 e. The molecule has 0 bridgehead atoms. The van der Waals surface area contributed by atoms with Crippen LogP contribution in [0.3, 0.4) is 0 Å². The van der Waals surface area contributed by atoms with E-state index in [1.807, 2.05) is 0 Å². The Balaban J connectivity index is 1.63. The third-order valence-electron chi connectivity index (χ3n) is 4.23. The van der Waals surface area contributed by atoms with Gasteiger partial charge in [-0.15, -0.1) is 0 Å². The van der Waals surface area contributed by atoms with Crippen molar-refractivity contribution >= 4 is 45.4 Å². The number of carboxylic acids is 1. The Morgan fingerprint density at radius 2 is 2.09 bits per heavy atom. The van der Waals surface area contributed by atoms with Gasteiger partial charge in [-0.3, -0.25) is 10.1 Å². The van der Waals surface area contributed by atoms with Gasteiger partial charge in [0.25, 0.3) is 5.19 Å². The molecule has 0 unspecified atom stereocenters. The predicted molar refractivity (Wildman–Crippen MR) is 112 cm³/mol. The van der Waals surface area contributed by atoms with Gasteiger partial charge in [-0.25, -0.2) is 19.2 Å². The molecule has 0 aliphatic heterocycles. The summed E-state index contributed by atoms with van der Waals surface area (Å²) in [7, 11) is 1.31. The zero-order chi connectivity index (χ0) is 22.8. The topological polar surface area (TPSA) is 150 Å². The van der Waals surface area contributed by atoms with E-state index in [0.29, 0.717) is 10.9 Å². The Kier molecular flexibility index (Phi) is 5.47. The van der Waals surface area contributed by atoms with Gasteiger partial charge in [0.05, 0.1) is 28.6 Å². The highest BCUT2D eigenvalue weighted by Gasteiger charge is 2.19. The number of nitrogens with one attached hydrogen (secondary N) is 1. The van der Waals surface area contributed by atoms with E-state index in [0.717, 1.165) is 17.4 Å². The van der Waals surface area contributed by atoms with E-state index in [9.17, 15) is 19.3 Å². The van der Waals surface area contributed by atoms with Crippen LogP contribution >= 0.6 is 11.3 Å². The van der Waals surface area contributed by atoms with Gasteiger partial charge in [-0.1, -0.05) is 11.3 Å². The van der Waals surface area contributed by atoms with Crippen LogP contribution in [0.2, 0.25) is 0 Å². The summed E-state index contributed by atoms with van der Waals surface area (Å²) in [5.41, 5.74) is -0.0686. The van der Waals surface area contributed by atoms with Gasteiger partial charge in [-0.2, -0.15) is 4.98 Å². The van der Waals surface area contributed by atoms with Crippen LogP contribution in [0.4, 0.5) is 21.6 Å². The third kappa shape index (κ3) is 4.09. The number of hydrogen-bond acceptors (Lipinski definition) is 10. The van der Waals surface area contributed by atoms with Crippen LogP contribution in [-0.4, -0.2) is 38.1 Å². The molecule has 2 heterocycles. The average molecular weight is 457 g/mol. The first-order valence-corrected chi connectivity index (χ1v) is 9.64. The van der Waals surface area contributed by atoms with Gasteiger partial charge < -0.3 is 19.9 Å². The van der Waals surface area contributed by atoms with Crippen molar-refractivity contribution in [1.29, 1.82) is 0 Å². The monoisotopic (exact) mass is 457 g/mol. The number of nitro groups is 1. The molecule has 0 aliphatic rings. The maximum atomic E-state index is 14.7. The maximum Gasteiger partial charge on any atom is 0.355 e. The van der Waals surface area contributed by atoms with Crippen molar-refractivity contribution < 1.29 is 28.7 Å². The molecule has 32 heavy (non-hydrogen) atoms. The molecule has 4 aromatic rings. The molecule has 0 atom stereocenters. The predicted octanol–water partition coefficient (Wildman–Crippen LogP) is 4.38. The van der Waals surface area contributed by atoms with Gasteiger partial charge >= 0.3 is 11.7 Å². The number of anilines is 2. The van der Waals surface area contributed by atoms with Gasteiger partial charge in [0, 0.05) is 23.6 Å². The molecule has 0 radical (unpaired) electrons. The van der Waals surface area contributed by atoms with Gasteiger partial charge in [0.15, 0.2) is 11.4 Å². The quantitative estimate of drug-likeness (QED) is 0.302. The van der Waals surface area contributed by atoms with Crippen molar-refractivity contribution in [2.45, 2.75) is 0 Å². The van der Waals surface area contributed by atoms with Crippen molar-refractivity contribution in [3.63, 3.8) is 0 Å². The van der Waals surface area contributed by atoms with Crippen molar-refractivity contribution in [3.8, 4) is 16.7 Å². The standard InChI is InChI=1S/C19H12FN5O6S/c1-30-16-6-13-10(5-15(16)25(28)29)17(22-8-21-13)23-12-3-2-9(4-11(12)20)31-19-24-14(7-32-19)18(26)27/h2-8H,1H3,(H,26,27)(H,21,22,23). The number of carbonyl (C=O) groups is 1. The number of thiazole rings is 1. The van der Waals surface area contributed by atoms with Crippen LogP contribution in [-0.2, 0) is 0 Å². The molecule has 2 N–H and O–H groups in total. The number of aromatic carboxylic acids is 1. The lowest BCUT2D eigenvalue weighted by molar-refractivity contribution is -0.385. The number of halogens is 1. The molecule has 13 heteroatoms. The van der Waals surface area contributed by atoms with E-state index in [-0.39, 0.29) is 39.6 Å². The molecule has 4 rings (SSSR count). The number of nitro benzene ring substituents is 1. The number of nitrogens with zero attached hydrogens (tertiary/aromatic N) is 4. The first kappa shape index (κ1) is 20.9. The second-order valence-electron chi connectivity index (χ2n) is 6.19. The van der Waals surface area contributed by atoms with Gasteiger partial charge in [-0.05, 0) is 12.1 Å². The summed E-state index contributed by atoms with van der Waals surface area (Å²) in [6.07, 6.45) is 1.23. The number of carboxylic acid groups (broad SMARTS) is 1. The lowest BCUT2D eigenvalue weighted by Crippen LogP contribution is -2.00. The molecule has 0 fully saturated rings. The lowest BCUT2D eigenvalue weighted by Gasteiger charge is -2.11. The molecule has 0 amide bonds. The average Bonchev–Trinajstić information content (AvgIpc) is 3.23. The highest BCUT2D eigenvalue weighted by atomic mass is 32.1. The molecule has 0 saturated heterocycles. The van der Waals surface area contributed by atoms with Crippen LogP contribution in [0.15, 0.2) is 42.0 Å². The van der Waals surface area contributed by atoms with E-state index in [4.69, 9.17) is 14.6 Å². The number of rotatable bonds is 7. The molecular formula is C19H12FN5O6S. The van der Waals surface area contributed by atoms with E-state index in [2.05, 4.69) is 20.3 Å². The van der Waals surface area contributed by atoms with Crippen LogP contribution < -0.4 is 14.8 Å². The molecule has 0 spiro atoms. The van der Waals surface area contributed by atoms with Crippen molar-refractivity contribution in [2.75, 3.05) is 12.4 Å².